The van der Waals surface area contributed by atoms with Crippen molar-refractivity contribution in [2.75, 3.05) is 26.4 Å². The van der Waals surface area contributed by atoms with Gasteiger partial charge >= 0.3 is 5.97 Å². The van der Waals surface area contributed by atoms with Crippen LogP contribution in [0.25, 0.3) is 0 Å². The van der Waals surface area contributed by atoms with E-state index in [9.17, 15) is 22.8 Å². The van der Waals surface area contributed by atoms with Crippen LogP contribution >= 0.6 is 0 Å². The van der Waals surface area contributed by atoms with Crippen molar-refractivity contribution >= 4 is 27.8 Å². The number of sulfonamides is 1. The molecule has 2 amide bonds. The molecule has 1 aromatic heterocycles. The van der Waals surface area contributed by atoms with Crippen LogP contribution in [0.2, 0.25) is 0 Å². The van der Waals surface area contributed by atoms with Crippen LogP contribution < -0.4 is 10.0 Å². The summed E-state index contributed by atoms with van der Waals surface area (Å²) in [6, 6.07) is 7.64. The smallest absolute Gasteiger partial charge is 0.356 e. The van der Waals surface area contributed by atoms with Crippen LogP contribution in [-0.4, -0.2) is 57.6 Å². The van der Waals surface area contributed by atoms with E-state index in [-0.39, 0.29) is 34.2 Å². The highest BCUT2D eigenvalue weighted by Gasteiger charge is 2.20. The highest BCUT2D eigenvalue weighted by atomic mass is 32.2. The molecule has 0 saturated heterocycles. The molecule has 0 bridgehead atoms. The molecule has 0 aliphatic heterocycles. The number of hydrogen-bond donors (Lipinski definition) is 2. The Morgan fingerprint density at radius 1 is 0.935 bits per heavy atom. The average Bonchev–Trinajstić information content (AvgIpc) is 2.76. The van der Waals surface area contributed by atoms with Crippen LogP contribution in [0.3, 0.4) is 0 Å². The van der Waals surface area contributed by atoms with E-state index in [0.29, 0.717) is 19.8 Å². The Bertz CT molecular complexity index is 1020. The zero-order chi connectivity index (χ0) is 22.9. The minimum absolute atomic E-state index is 0.00335. The van der Waals surface area contributed by atoms with Crippen LogP contribution in [0.1, 0.15) is 45.1 Å². The first-order valence-electron chi connectivity index (χ1n) is 9.44. The molecule has 10 nitrogen and oxygen atoms in total. The Hall–Kier alpha value is -3.31. The van der Waals surface area contributed by atoms with Crippen molar-refractivity contribution in [2.45, 2.75) is 18.7 Å². The number of hydrogen-bond acceptors (Lipinski definition) is 8. The molecule has 166 valence electrons. The van der Waals surface area contributed by atoms with E-state index in [1.165, 1.54) is 36.4 Å². The lowest BCUT2D eigenvalue weighted by molar-refractivity contribution is 0.0519. The summed E-state index contributed by atoms with van der Waals surface area (Å²) in [7, 11) is -4.18. The number of pyridine rings is 1. The van der Waals surface area contributed by atoms with Crippen LogP contribution in [0, 0.1) is 0 Å². The zero-order valence-electron chi connectivity index (χ0n) is 17.1. The molecule has 2 rings (SSSR count). The van der Waals surface area contributed by atoms with Gasteiger partial charge in [0.2, 0.25) is 0 Å². The van der Waals surface area contributed by atoms with E-state index in [1.807, 2.05) is 11.6 Å². The van der Waals surface area contributed by atoms with Gasteiger partial charge in [0.15, 0.2) is 0 Å². The summed E-state index contributed by atoms with van der Waals surface area (Å²) >= 11 is 0. The summed E-state index contributed by atoms with van der Waals surface area (Å²) in [5, 5.41) is 2.64. The molecule has 1 heterocycles. The fraction of sp³-hybridized carbons (Fsp3) is 0.300. The van der Waals surface area contributed by atoms with Gasteiger partial charge in [-0.1, -0.05) is 0 Å². The number of aromatic nitrogens is 1. The molecule has 1 aromatic carbocycles. The molecule has 0 aliphatic carbocycles. The van der Waals surface area contributed by atoms with Crippen LogP contribution in [0.4, 0.5) is 0 Å². The summed E-state index contributed by atoms with van der Waals surface area (Å²) < 4.78 is 36.8. The number of benzene rings is 1. The minimum Gasteiger partial charge on any atom is -0.461 e. The third-order valence-corrected chi connectivity index (χ3v) is 5.25. The van der Waals surface area contributed by atoms with Gasteiger partial charge in [0.1, 0.15) is 5.69 Å². The summed E-state index contributed by atoms with van der Waals surface area (Å²) in [4.78, 5) is 39.5. The Balaban J connectivity index is 2.02. The third-order valence-electron chi connectivity index (χ3n) is 3.90. The van der Waals surface area contributed by atoms with Gasteiger partial charge in [0.25, 0.3) is 21.8 Å². The van der Waals surface area contributed by atoms with E-state index in [2.05, 4.69) is 10.3 Å². The van der Waals surface area contributed by atoms with Crippen LogP contribution in [-0.2, 0) is 19.5 Å². The van der Waals surface area contributed by atoms with Gasteiger partial charge in [0.05, 0.1) is 23.7 Å². The molecule has 0 radical (unpaired) electrons. The first kappa shape index (κ1) is 24.0. The quantitative estimate of drug-likeness (QED) is 0.406. The monoisotopic (exact) mass is 449 g/mol. The number of rotatable bonds is 10. The second kappa shape index (κ2) is 11.2. The Labute approximate surface area is 180 Å². The Kier molecular flexibility index (Phi) is 8.64. The number of nitrogens with one attached hydrogen (secondary N) is 2. The van der Waals surface area contributed by atoms with Crippen molar-refractivity contribution in [3.63, 3.8) is 0 Å². The summed E-state index contributed by atoms with van der Waals surface area (Å²) in [6.45, 7) is 4.90. The maximum absolute atomic E-state index is 12.5. The fourth-order valence-corrected chi connectivity index (χ4v) is 3.34. The average molecular weight is 449 g/mol. The fourth-order valence-electron chi connectivity index (χ4n) is 2.36. The molecule has 0 fully saturated rings. The molecule has 0 atom stereocenters. The van der Waals surface area contributed by atoms with Crippen LogP contribution in [0.5, 0.6) is 0 Å². The Morgan fingerprint density at radius 3 is 2.19 bits per heavy atom. The molecular weight excluding hydrogens is 426 g/mol. The van der Waals surface area contributed by atoms with Gasteiger partial charge in [0, 0.05) is 24.9 Å². The van der Waals surface area contributed by atoms with Crippen molar-refractivity contribution in [2.24, 2.45) is 0 Å². The summed E-state index contributed by atoms with van der Waals surface area (Å²) in [6.07, 6.45) is 1.08. The molecular formula is C20H23N3O7S. The molecule has 0 saturated carbocycles. The lowest BCUT2D eigenvalue weighted by atomic mass is 10.2. The van der Waals surface area contributed by atoms with Gasteiger partial charge in [-0.25, -0.2) is 22.9 Å². The van der Waals surface area contributed by atoms with E-state index < -0.39 is 21.9 Å². The molecule has 31 heavy (non-hydrogen) atoms. The number of amides is 2. The second-order valence-electron chi connectivity index (χ2n) is 6.06. The third kappa shape index (κ3) is 6.86. The first-order valence-corrected chi connectivity index (χ1v) is 10.9. The summed E-state index contributed by atoms with van der Waals surface area (Å²) in [5.41, 5.74) is 0.207. The van der Waals surface area contributed by atoms with Crippen molar-refractivity contribution in [1.29, 1.82) is 0 Å². The second-order valence-corrected chi connectivity index (χ2v) is 7.75. The van der Waals surface area contributed by atoms with E-state index in [4.69, 9.17) is 9.47 Å². The maximum atomic E-state index is 12.5. The number of ether oxygens (including phenoxy) is 2. The molecule has 0 unspecified atom stereocenters. The minimum atomic E-state index is -4.18. The zero-order valence-corrected chi connectivity index (χ0v) is 17.9. The SMILES string of the molecule is CCOCCNC(=O)c1ccc(S(=O)(=O)NC(=O)c2ccc(C(=O)OCC)nc2)cc1. The number of esters is 1. The van der Waals surface area contributed by atoms with Gasteiger partial charge in [-0.05, 0) is 50.2 Å². The van der Waals surface area contributed by atoms with E-state index in [0.717, 1.165) is 6.20 Å². The largest absolute Gasteiger partial charge is 0.461 e. The van der Waals surface area contributed by atoms with Crippen molar-refractivity contribution in [3.8, 4) is 0 Å². The number of carbonyl (C=O) groups is 3. The van der Waals surface area contributed by atoms with Crippen molar-refractivity contribution in [3.05, 3.63) is 59.4 Å². The highest BCUT2D eigenvalue weighted by molar-refractivity contribution is 7.90. The molecule has 0 spiro atoms. The summed E-state index contributed by atoms with van der Waals surface area (Å²) in [5.74, 6) is -1.94. The van der Waals surface area contributed by atoms with Crippen molar-refractivity contribution < 1.29 is 32.3 Å². The van der Waals surface area contributed by atoms with E-state index >= 15 is 0 Å². The van der Waals surface area contributed by atoms with Gasteiger partial charge in [-0.2, -0.15) is 0 Å². The Morgan fingerprint density at radius 2 is 1.61 bits per heavy atom. The van der Waals surface area contributed by atoms with Gasteiger partial charge < -0.3 is 14.8 Å². The molecule has 2 N–H and O–H groups in total. The standard InChI is InChI=1S/C20H23N3O7S/c1-3-29-12-11-21-18(24)14-5-8-16(9-6-14)31(27,28)23-19(25)15-7-10-17(22-13-15)20(26)30-4-2/h5-10,13H,3-4,11-12H2,1-2H3,(H,21,24)(H,23,25). The predicted molar refractivity (Wildman–Crippen MR) is 110 cm³/mol. The first-order chi connectivity index (χ1) is 14.8. The lowest BCUT2D eigenvalue weighted by Crippen LogP contribution is -2.31. The lowest BCUT2D eigenvalue weighted by Gasteiger charge is -2.09. The number of carbonyl (C=O) groups excluding carboxylic acids is 3. The highest BCUT2D eigenvalue weighted by Crippen LogP contribution is 2.12. The predicted octanol–water partition coefficient (Wildman–Crippen LogP) is 1.14. The van der Waals surface area contributed by atoms with Crippen molar-refractivity contribution in [1.82, 2.24) is 15.0 Å². The molecule has 0 aliphatic rings. The number of nitrogens with zero attached hydrogens (tertiary/aromatic N) is 1. The van der Waals surface area contributed by atoms with Crippen LogP contribution in [0.15, 0.2) is 47.5 Å². The maximum Gasteiger partial charge on any atom is 0.356 e. The molecule has 2 aromatic rings. The molecule has 11 heteroatoms. The normalized spacial score (nSPS) is 10.9. The van der Waals surface area contributed by atoms with Gasteiger partial charge in [-0.15, -0.1) is 0 Å². The van der Waals surface area contributed by atoms with Gasteiger partial charge in [-0.3, -0.25) is 9.59 Å². The topological polar surface area (TPSA) is 141 Å². The van der Waals surface area contributed by atoms with E-state index in [1.54, 1.807) is 6.92 Å².